The molecule has 1 unspecified atom stereocenters. The van der Waals surface area contributed by atoms with Crippen LogP contribution in [-0.4, -0.2) is 69.7 Å². The zero-order chi connectivity index (χ0) is 26.3. The maximum Gasteiger partial charge on any atom is 0.323 e. The van der Waals surface area contributed by atoms with Crippen molar-refractivity contribution in [2.45, 2.75) is 42.8 Å². The minimum atomic E-state index is -4.06. The quantitative estimate of drug-likeness (QED) is 0.325. The topological polar surface area (TPSA) is 152 Å². The van der Waals surface area contributed by atoms with Gasteiger partial charge in [0, 0.05) is 37.4 Å². The molecule has 1 amide bonds. The maximum absolute atomic E-state index is 12.7. The largest absolute Gasteiger partial charge is 0.480 e. The third kappa shape index (κ3) is 6.98. The van der Waals surface area contributed by atoms with Crippen molar-refractivity contribution in [1.29, 1.82) is 0 Å². The number of aliphatic imine (C=N–C) groups is 1. The molecule has 0 aromatic heterocycles. The number of hydrogen-bond donors (Lipinski definition) is 5. The van der Waals surface area contributed by atoms with Gasteiger partial charge in [0.05, 0.1) is 4.90 Å². The lowest BCUT2D eigenvalue weighted by Gasteiger charge is -2.39. The zero-order valence-corrected chi connectivity index (χ0v) is 21.2. The van der Waals surface area contributed by atoms with Crippen LogP contribution < -0.4 is 25.6 Å². The van der Waals surface area contributed by atoms with Crippen molar-refractivity contribution in [3.05, 3.63) is 60.2 Å². The summed E-state index contributed by atoms with van der Waals surface area (Å²) in [6.07, 6.45) is 4.26. The van der Waals surface area contributed by atoms with Gasteiger partial charge in [0.1, 0.15) is 12.2 Å². The Hall–Kier alpha value is -3.64. The predicted molar refractivity (Wildman–Crippen MR) is 140 cm³/mol. The Balaban J connectivity index is 1.37. The highest BCUT2D eigenvalue weighted by Crippen LogP contribution is 2.24. The number of rotatable bonds is 9. The summed E-state index contributed by atoms with van der Waals surface area (Å²) < 4.78 is 27.1. The summed E-state index contributed by atoms with van der Waals surface area (Å²) in [4.78, 5) is 31.0. The molecule has 11 nitrogen and oxygen atoms in total. The number of aliphatic carboxylic acids is 1. The Bertz CT molecular complexity index is 1220. The van der Waals surface area contributed by atoms with Gasteiger partial charge in [-0.3, -0.25) is 14.6 Å². The van der Waals surface area contributed by atoms with Crippen LogP contribution in [0.5, 0.6) is 0 Å². The van der Waals surface area contributed by atoms with Crippen LogP contribution in [0.1, 0.15) is 36.0 Å². The molecule has 0 bridgehead atoms. The molecule has 1 fully saturated rings. The number of carboxylic acids is 1. The predicted octanol–water partition coefficient (Wildman–Crippen LogP) is 1.10. The molecule has 12 heteroatoms. The second-order valence-corrected chi connectivity index (χ2v) is 10.7. The first-order valence-electron chi connectivity index (χ1n) is 12.3. The minimum Gasteiger partial charge on any atom is -0.480 e. The van der Waals surface area contributed by atoms with Gasteiger partial charge >= 0.3 is 5.97 Å². The molecule has 5 N–H and O–H groups in total. The minimum absolute atomic E-state index is 0.0555. The van der Waals surface area contributed by atoms with E-state index in [0.29, 0.717) is 5.56 Å². The first kappa shape index (κ1) is 26.4. The van der Waals surface area contributed by atoms with Crippen molar-refractivity contribution >= 4 is 33.5 Å². The van der Waals surface area contributed by atoms with Crippen LogP contribution >= 0.6 is 0 Å². The van der Waals surface area contributed by atoms with Crippen molar-refractivity contribution in [3.8, 4) is 0 Å². The van der Waals surface area contributed by atoms with Crippen LogP contribution in [0.3, 0.4) is 0 Å². The number of piperidine rings is 1. The highest BCUT2D eigenvalue weighted by Gasteiger charge is 2.27. The van der Waals surface area contributed by atoms with Crippen molar-refractivity contribution in [2.24, 2.45) is 4.99 Å². The molecule has 4 rings (SSSR count). The number of carboxylic acid groups (broad SMARTS) is 1. The number of nitrogens with zero attached hydrogens (tertiary/aromatic N) is 2. The zero-order valence-electron chi connectivity index (χ0n) is 20.4. The van der Waals surface area contributed by atoms with Crippen LogP contribution in [0.2, 0.25) is 0 Å². The summed E-state index contributed by atoms with van der Waals surface area (Å²) in [5, 5.41) is 18.8. The first-order chi connectivity index (χ1) is 17.8. The van der Waals surface area contributed by atoms with Gasteiger partial charge in [-0.15, -0.1) is 0 Å². The van der Waals surface area contributed by atoms with Gasteiger partial charge in [-0.2, -0.15) is 4.72 Å². The van der Waals surface area contributed by atoms with Crippen molar-refractivity contribution < 1.29 is 23.1 Å². The van der Waals surface area contributed by atoms with E-state index in [1.807, 2.05) is 12.1 Å². The van der Waals surface area contributed by atoms with Crippen molar-refractivity contribution in [3.63, 3.8) is 0 Å². The highest BCUT2D eigenvalue weighted by atomic mass is 32.2. The van der Waals surface area contributed by atoms with Crippen LogP contribution in [-0.2, 0) is 14.8 Å². The van der Waals surface area contributed by atoms with Gasteiger partial charge in [-0.05, 0) is 62.1 Å². The van der Waals surface area contributed by atoms with E-state index in [-0.39, 0.29) is 11.1 Å². The molecule has 0 aliphatic carbocycles. The fourth-order valence-electron chi connectivity index (χ4n) is 4.31. The Morgan fingerprint density at radius 2 is 1.84 bits per heavy atom. The molecular weight excluding hydrogens is 496 g/mol. The second-order valence-electron chi connectivity index (χ2n) is 8.94. The third-order valence-corrected chi connectivity index (χ3v) is 7.77. The van der Waals surface area contributed by atoms with E-state index in [2.05, 4.69) is 30.6 Å². The number of carbonyl (C=O) groups excluding carboxylic acids is 1. The molecule has 198 valence electrons. The fourth-order valence-corrected chi connectivity index (χ4v) is 5.52. The van der Waals surface area contributed by atoms with E-state index < -0.39 is 34.5 Å². The van der Waals surface area contributed by atoms with Crippen LogP contribution in [0.15, 0.2) is 64.5 Å². The molecule has 2 aliphatic heterocycles. The number of carbonyl (C=O) groups is 2. The van der Waals surface area contributed by atoms with Gasteiger partial charge in [0.25, 0.3) is 5.91 Å². The molecule has 0 spiro atoms. The number of hydrogen-bond acceptors (Lipinski definition) is 8. The number of nitrogens with one attached hydrogen (secondary N) is 4. The monoisotopic (exact) mass is 528 g/mol. The maximum atomic E-state index is 12.7. The molecule has 2 heterocycles. The molecule has 2 aliphatic rings. The smallest absolute Gasteiger partial charge is 0.323 e. The van der Waals surface area contributed by atoms with Crippen molar-refractivity contribution in [1.82, 2.24) is 20.7 Å². The molecule has 2 aromatic carbocycles. The Labute approximate surface area is 216 Å². The van der Waals surface area contributed by atoms with Gasteiger partial charge in [-0.1, -0.05) is 18.2 Å². The normalized spacial score (nSPS) is 18.8. The lowest BCUT2D eigenvalue weighted by Crippen LogP contribution is -2.55. The number of anilines is 1. The average Bonchev–Trinajstić information content (AvgIpc) is 2.92. The van der Waals surface area contributed by atoms with Gasteiger partial charge in [0.2, 0.25) is 10.0 Å². The molecule has 2 aromatic rings. The summed E-state index contributed by atoms with van der Waals surface area (Å²) in [5.41, 5.74) is 1.31. The number of benzene rings is 2. The SMILES string of the molecule is O=C(NC[C@H](NS(=O)(=O)c1ccccc1)C(=O)O)c1ccc(N2CCCCC2NC2=NCCCN2)cc1. The number of amides is 1. The van der Waals surface area contributed by atoms with E-state index in [1.54, 1.807) is 30.3 Å². The first-order valence-corrected chi connectivity index (χ1v) is 13.8. The summed E-state index contributed by atoms with van der Waals surface area (Å²) >= 11 is 0. The highest BCUT2D eigenvalue weighted by molar-refractivity contribution is 7.89. The molecule has 0 radical (unpaired) electrons. The summed E-state index contributed by atoms with van der Waals surface area (Å²) in [6.45, 7) is 2.18. The summed E-state index contributed by atoms with van der Waals surface area (Å²) in [7, 11) is -4.06. The van der Waals surface area contributed by atoms with E-state index in [1.165, 1.54) is 12.1 Å². The molecule has 37 heavy (non-hydrogen) atoms. The van der Waals surface area contributed by atoms with Crippen LogP contribution in [0.4, 0.5) is 5.69 Å². The average molecular weight is 529 g/mol. The second kappa shape index (κ2) is 12.1. The Morgan fingerprint density at radius 1 is 1.08 bits per heavy atom. The van der Waals surface area contributed by atoms with Gasteiger partial charge < -0.3 is 26.0 Å². The molecule has 2 atom stereocenters. The standard InChI is InChI=1S/C25H32N6O5S/c32-23(28-17-21(24(33)34)30-37(35,36)20-7-2-1-3-8-20)18-10-12-19(13-11-18)31-16-5-4-9-22(31)29-25-26-14-6-15-27-25/h1-3,7-8,10-13,21-22,30H,4-6,9,14-17H2,(H,28,32)(H,33,34)(H2,26,27,29)/t21-,22?/m0/s1. The van der Waals surface area contributed by atoms with E-state index >= 15 is 0 Å². The third-order valence-electron chi connectivity index (χ3n) is 6.28. The fraction of sp³-hybridized carbons (Fsp3) is 0.400. The summed E-state index contributed by atoms with van der Waals surface area (Å²) in [6, 6.07) is 13.0. The van der Waals surface area contributed by atoms with E-state index in [0.717, 1.165) is 57.0 Å². The van der Waals surface area contributed by atoms with Gasteiger partial charge in [0.15, 0.2) is 5.96 Å². The van der Waals surface area contributed by atoms with Crippen LogP contribution in [0.25, 0.3) is 0 Å². The Kier molecular flexibility index (Phi) is 8.62. The summed E-state index contributed by atoms with van der Waals surface area (Å²) in [5.74, 6) is -1.07. The molecule has 1 saturated heterocycles. The number of sulfonamides is 1. The number of guanidine groups is 1. The Morgan fingerprint density at radius 3 is 2.51 bits per heavy atom. The molecule has 0 saturated carbocycles. The van der Waals surface area contributed by atoms with Gasteiger partial charge in [-0.25, -0.2) is 8.42 Å². The van der Waals surface area contributed by atoms with E-state index in [4.69, 9.17) is 0 Å². The van der Waals surface area contributed by atoms with E-state index in [9.17, 15) is 23.1 Å². The lowest BCUT2D eigenvalue weighted by molar-refractivity contribution is -0.138. The van der Waals surface area contributed by atoms with Crippen molar-refractivity contribution in [2.75, 3.05) is 31.1 Å². The lowest BCUT2D eigenvalue weighted by atomic mass is 10.1. The molecular formula is C25H32N6O5S. The van der Waals surface area contributed by atoms with Crippen LogP contribution in [0, 0.1) is 0 Å².